The van der Waals surface area contributed by atoms with Crippen molar-refractivity contribution >= 4 is 40.5 Å². The molecule has 1 saturated heterocycles. The Morgan fingerprint density at radius 1 is 1.16 bits per heavy atom. The highest BCUT2D eigenvalue weighted by atomic mass is 32.2. The number of nitrogens with two attached hydrogens (primary N) is 2. The van der Waals surface area contributed by atoms with Crippen LogP contribution in [0.25, 0.3) is 11.2 Å². The van der Waals surface area contributed by atoms with Gasteiger partial charge in [-0.15, -0.1) is 11.8 Å². The molecule has 6 rings (SSSR count). The third-order valence-corrected chi connectivity index (χ3v) is 7.33. The number of ether oxygens (including phenoxy) is 1. The predicted octanol–water partition coefficient (Wildman–Crippen LogP) is 0.637. The summed E-state index contributed by atoms with van der Waals surface area (Å²) in [6.07, 6.45) is 9.46. The first-order valence-electron chi connectivity index (χ1n) is 11.8. The Labute approximate surface area is 214 Å². The lowest BCUT2D eigenvalue weighted by Gasteiger charge is -2.13. The summed E-state index contributed by atoms with van der Waals surface area (Å²) in [5.74, 6) is 0.449. The minimum atomic E-state index is -0.763. The van der Waals surface area contributed by atoms with Gasteiger partial charge >= 0.3 is 5.69 Å². The van der Waals surface area contributed by atoms with Crippen LogP contribution in [0.3, 0.4) is 0 Å². The molecule has 3 aliphatic rings. The Bertz CT molecular complexity index is 1360. The number of aliphatic hydroxyl groups excluding tert-OH is 2. The highest BCUT2D eigenvalue weighted by Gasteiger charge is 2.28. The molecule has 15 heteroatoms. The van der Waals surface area contributed by atoms with E-state index in [2.05, 4.69) is 31.3 Å². The number of hydrogen-bond acceptors (Lipinski definition) is 12. The highest BCUT2D eigenvalue weighted by Crippen LogP contribution is 2.33. The first kappa shape index (κ1) is 25.4. The molecule has 37 heavy (non-hydrogen) atoms. The average molecular weight is 534 g/mol. The zero-order valence-electron chi connectivity index (χ0n) is 19.8. The van der Waals surface area contributed by atoms with Crippen LogP contribution in [0.5, 0.6) is 0 Å². The van der Waals surface area contributed by atoms with E-state index in [4.69, 9.17) is 21.3 Å². The second kappa shape index (κ2) is 10.6. The van der Waals surface area contributed by atoms with Crippen molar-refractivity contribution in [1.82, 2.24) is 29.1 Å². The van der Waals surface area contributed by atoms with E-state index in [0.29, 0.717) is 11.8 Å². The standard InChI is InChI=1S/C14H18N6O.C8H10FN3O3S/c15-14-18-12(17-9-2-3-9)11-13(19-14)20(7-16-11)10-4-1-8(5-10)6-21;9-4-1-12(8(14)11-7(4)10)5-3-16-6(2-13)15-5/h1,4,7-10,21H,2-3,5-6H2,(H3,15,17,18,19);1,5-6,13H,2-3H2,(H2,10,11,14)/t8-,10+;5-,6+/m10/s1. The van der Waals surface area contributed by atoms with Gasteiger partial charge in [-0.1, -0.05) is 12.2 Å². The Hall–Kier alpha value is -3.27. The van der Waals surface area contributed by atoms with Gasteiger partial charge in [0.15, 0.2) is 28.6 Å². The summed E-state index contributed by atoms with van der Waals surface area (Å²) in [5, 5.41) is 21.5. The second-order valence-corrected chi connectivity index (χ2v) is 10.2. The van der Waals surface area contributed by atoms with Crippen LogP contribution in [0.15, 0.2) is 29.5 Å². The number of imidazole rings is 1. The van der Waals surface area contributed by atoms with Crippen LogP contribution in [0.1, 0.15) is 31.5 Å². The van der Waals surface area contributed by atoms with E-state index in [1.165, 1.54) is 11.8 Å². The van der Waals surface area contributed by atoms with Crippen LogP contribution in [0, 0.1) is 11.7 Å². The van der Waals surface area contributed by atoms with E-state index in [9.17, 15) is 14.3 Å². The maximum atomic E-state index is 13.1. The zero-order chi connectivity index (χ0) is 26.1. The maximum Gasteiger partial charge on any atom is 0.351 e. The van der Waals surface area contributed by atoms with Crippen LogP contribution >= 0.6 is 11.8 Å². The summed E-state index contributed by atoms with van der Waals surface area (Å²) in [6, 6.07) is 0.646. The van der Waals surface area contributed by atoms with Crippen LogP contribution in [0.2, 0.25) is 0 Å². The molecule has 0 radical (unpaired) electrons. The van der Waals surface area contributed by atoms with Gasteiger partial charge in [-0.05, 0) is 19.3 Å². The van der Waals surface area contributed by atoms with Gasteiger partial charge < -0.3 is 36.3 Å². The molecule has 1 saturated carbocycles. The van der Waals surface area contributed by atoms with E-state index in [1.54, 1.807) is 6.33 Å². The van der Waals surface area contributed by atoms with Gasteiger partial charge in [0.1, 0.15) is 11.7 Å². The van der Waals surface area contributed by atoms with Crippen molar-refractivity contribution in [3.63, 3.8) is 0 Å². The van der Waals surface area contributed by atoms with E-state index < -0.39 is 29.0 Å². The van der Waals surface area contributed by atoms with Crippen LogP contribution in [-0.4, -0.2) is 69.7 Å². The van der Waals surface area contributed by atoms with Crippen molar-refractivity contribution in [3.05, 3.63) is 41.0 Å². The zero-order valence-corrected chi connectivity index (χ0v) is 20.6. The molecular formula is C22H28FN9O4S. The summed E-state index contributed by atoms with van der Waals surface area (Å²) in [4.78, 5) is 27.8. The number of nitrogens with one attached hydrogen (secondary N) is 1. The molecule has 1 aliphatic heterocycles. The van der Waals surface area contributed by atoms with Crippen LogP contribution < -0.4 is 22.5 Å². The number of rotatable bonds is 6. The first-order chi connectivity index (χ1) is 17.9. The lowest BCUT2D eigenvalue weighted by molar-refractivity contribution is -0.00677. The third kappa shape index (κ3) is 5.53. The molecule has 3 aromatic heterocycles. The summed E-state index contributed by atoms with van der Waals surface area (Å²) in [7, 11) is 0. The lowest BCUT2D eigenvalue weighted by atomic mass is 10.1. The quantitative estimate of drug-likeness (QED) is 0.278. The Morgan fingerprint density at radius 3 is 2.65 bits per heavy atom. The van der Waals surface area contributed by atoms with Gasteiger partial charge in [-0.2, -0.15) is 15.0 Å². The summed E-state index contributed by atoms with van der Waals surface area (Å²) in [5.41, 5.74) is 11.5. The van der Waals surface area contributed by atoms with Crippen molar-refractivity contribution < 1.29 is 19.3 Å². The van der Waals surface area contributed by atoms with Gasteiger partial charge in [0.2, 0.25) is 5.95 Å². The number of thioether (sulfide) groups is 1. The molecule has 0 spiro atoms. The molecule has 2 aliphatic carbocycles. The second-order valence-electron chi connectivity index (χ2n) is 9.00. The van der Waals surface area contributed by atoms with Crippen molar-refractivity contribution in [3.8, 4) is 0 Å². The van der Waals surface area contributed by atoms with Gasteiger partial charge in [0.05, 0.1) is 25.2 Å². The van der Waals surface area contributed by atoms with Crippen molar-refractivity contribution in [2.75, 3.05) is 35.8 Å². The maximum absolute atomic E-state index is 13.1. The number of nitrogens with zero attached hydrogens (tertiary/aromatic N) is 6. The summed E-state index contributed by atoms with van der Waals surface area (Å²) < 4.78 is 21.5. The molecular weight excluding hydrogens is 505 g/mol. The van der Waals surface area contributed by atoms with E-state index in [-0.39, 0.29) is 31.1 Å². The largest absolute Gasteiger partial charge is 0.396 e. The lowest BCUT2D eigenvalue weighted by Crippen LogP contribution is -2.29. The fraction of sp³-hybridized carbons (Fsp3) is 0.500. The fourth-order valence-electron chi connectivity index (χ4n) is 4.14. The predicted molar refractivity (Wildman–Crippen MR) is 136 cm³/mol. The van der Waals surface area contributed by atoms with E-state index in [0.717, 1.165) is 47.0 Å². The molecule has 3 aromatic rings. The molecule has 4 atom stereocenters. The first-order valence-corrected chi connectivity index (χ1v) is 12.9. The van der Waals surface area contributed by atoms with Gasteiger partial charge in [-0.25, -0.2) is 14.2 Å². The number of hydrogen-bond donors (Lipinski definition) is 5. The summed E-state index contributed by atoms with van der Waals surface area (Å²) >= 11 is 1.35. The van der Waals surface area contributed by atoms with Gasteiger partial charge in [-0.3, -0.25) is 4.57 Å². The van der Waals surface area contributed by atoms with Gasteiger partial charge in [0, 0.05) is 24.3 Å². The number of halogens is 1. The summed E-state index contributed by atoms with van der Waals surface area (Å²) in [6.45, 7) is 0.0199. The monoisotopic (exact) mass is 533 g/mol. The molecule has 0 bridgehead atoms. The average Bonchev–Trinajstić information content (AvgIpc) is 3.27. The molecule has 198 valence electrons. The molecule has 7 N–H and O–H groups in total. The number of nitrogen functional groups attached to an aromatic ring is 2. The number of aromatic nitrogens is 6. The Kier molecular flexibility index (Phi) is 7.28. The van der Waals surface area contributed by atoms with Gasteiger partial charge in [0.25, 0.3) is 0 Å². The number of allylic oxidation sites excluding steroid dienone is 1. The molecule has 0 aromatic carbocycles. The van der Waals surface area contributed by atoms with Crippen molar-refractivity contribution in [1.29, 1.82) is 0 Å². The highest BCUT2D eigenvalue weighted by molar-refractivity contribution is 8.00. The molecule has 13 nitrogen and oxygen atoms in total. The Morgan fingerprint density at radius 2 is 1.97 bits per heavy atom. The minimum Gasteiger partial charge on any atom is -0.396 e. The normalized spacial score (nSPS) is 24.8. The topological polar surface area (TPSA) is 192 Å². The van der Waals surface area contributed by atoms with Crippen LogP contribution in [0.4, 0.5) is 22.0 Å². The van der Waals surface area contributed by atoms with E-state index >= 15 is 0 Å². The minimum absolute atomic E-state index is 0.152. The van der Waals surface area contributed by atoms with Crippen molar-refractivity contribution in [2.24, 2.45) is 5.92 Å². The number of aliphatic hydroxyl groups is 2. The molecule has 0 unspecified atom stereocenters. The van der Waals surface area contributed by atoms with Crippen molar-refractivity contribution in [2.45, 2.75) is 43.0 Å². The molecule has 2 fully saturated rings. The Balaban J connectivity index is 0.000000158. The number of anilines is 3. The molecule has 4 heterocycles. The smallest absolute Gasteiger partial charge is 0.351 e. The fourth-order valence-corrected chi connectivity index (χ4v) is 5.07. The van der Waals surface area contributed by atoms with E-state index in [1.807, 2.05) is 10.6 Å². The number of fused-ring (bicyclic) bond motifs is 1. The SMILES string of the molecule is Nc1nc(=O)n([C@@H]2CS[C@H](CO)O2)cc1F.Nc1nc(NC2CC2)c2ncn([C@H]3C=C[C@@H](CO)C3)c2n1. The third-order valence-electron chi connectivity index (χ3n) is 6.23. The van der Waals surface area contributed by atoms with Crippen LogP contribution in [-0.2, 0) is 4.74 Å². The molecule has 0 amide bonds.